The van der Waals surface area contributed by atoms with Crippen LogP contribution in [0.2, 0.25) is 0 Å². The average Bonchev–Trinajstić information content (AvgIpc) is 2.38. The van der Waals surface area contributed by atoms with Gasteiger partial charge in [0.15, 0.2) is 0 Å². The minimum absolute atomic E-state index is 0.246. The quantitative estimate of drug-likeness (QED) is 0.872. The first kappa shape index (κ1) is 11.7. The molecule has 0 radical (unpaired) electrons. The summed E-state index contributed by atoms with van der Waals surface area (Å²) in [6.45, 7) is 5.04. The third kappa shape index (κ3) is 3.11. The maximum Gasteiger partial charge on any atom is 0.0570 e. The van der Waals surface area contributed by atoms with Crippen LogP contribution in [-0.2, 0) is 6.54 Å². The number of aromatic nitrogens is 2. The van der Waals surface area contributed by atoms with Crippen molar-refractivity contribution < 1.29 is 0 Å². The third-order valence-corrected chi connectivity index (χ3v) is 2.88. The van der Waals surface area contributed by atoms with Crippen molar-refractivity contribution in [3.63, 3.8) is 0 Å². The van der Waals surface area contributed by atoms with E-state index < -0.39 is 0 Å². The van der Waals surface area contributed by atoms with Crippen LogP contribution in [0, 0.1) is 6.92 Å². The van der Waals surface area contributed by atoms with E-state index in [0.29, 0.717) is 0 Å². The molecule has 2 aromatic rings. The van der Waals surface area contributed by atoms with Gasteiger partial charge >= 0.3 is 0 Å². The topological polar surface area (TPSA) is 37.8 Å². The molecule has 0 aromatic carbocycles. The van der Waals surface area contributed by atoms with Gasteiger partial charge in [0.2, 0.25) is 0 Å². The molecule has 1 N–H and O–H groups in total. The molecule has 0 aliphatic carbocycles. The van der Waals surface area contributed by atoms with Crippen molar-refractivity contribution >= 4 is 0 Å². The third-order valence-electron chi connectivity index (χ3n) is 2.88. The van der Waals surface area contributed by atoms with Crippen LogP contribution < -0.4 is 5.32 Å². The Morgan fingerprint density at radius 2 is 2.12 bits per heavy atom. The number of hydrogen-bond donors (Lipinski definition) is 1. The van der Waals surface area contributed by atoms with Crippen molar-refractivity contribution in [3.05, 3.63) is 59.7 Å². The van der Waals surface area contributed by atoms with Gasteiger partial charge in [-0.2, -0.15) is 0 Å². The summed E-state index contributed by atoms with van der Waals surface area (Å²) in [5.74, 6) is 0. The van der Waals surface area contributed by atoms with Crippen molar-refractivity contribution in [1.82, 2.24) is 15.3 Å². The lowest BCUT2D eigenvalue weighted by Gasteiger charge is -2.14. The monoisotopic (exact) mass is 227 g/mol. The van der Waals surface area contributed by atoms with Gasteiger partial charge in [-0.05, 0) is 43.2 Å². The van der Waals surface area contributed by atoms with Gasteiger partial charge < -0.3 is 5.32 Å². The Kier molecular flexibility index (Phi) is 3.83. The molecule has 2 aromatic heterocycles. The summed E-state index contributed by atoms with van der Waals surface area (Å²) in [4.78, 5) is 8.48. The van der Waals surface area contributed by atoms with Crippen molar-refractivity contribution in [2.45, 2.75) is 26.4 Å². The summed E-state index contributed by atoms with van der Waals surface area (Å²) in [5.41, 5.74) is 3.56. The molecule has 1 unspecified atom stereocenters. The average molecular weight is 227 g/mol. The maximum absolute atomic E-state index is 4.34. The molecule has 88 valence electrons. The van der Waals surface area contributed by atoms with E-state index >= 15 is 0 Å². The smallest absolute Gasteiger partial charge is 0.0570 e. The van der Waals surface area contributed by atoms with Gasteiger partial charge in [0.25, 0.3) is 0 Å². The number of aryl methyl sites for hydroxylation is 1. The second-order valence-electron chi connectivity index (χ2n) is 4.16. The molecule has 0 aliphatic rings. The van der Waals surface area contributed by atoms with Crippen LogP contribution in [0.15, 0.2) is 42.9 Å². The summed E-state index contributed by atoms with van der Waals surface area (Å²) in [6.07, 6.45) is 5.55. The molecule has 1 atom stereocenters. The molecule has 17 heavy (non-hydrogen) atoms. The van der Waals surface area contributed by atoms with E-state index in [2.05, 4.69) is 29.1 Å². The number of rotatable bonds is 4. The Hall–Kier alpha value is -1.74. The number of nitrogens with zero attached hydrogens (tertiary/aromatic N) is 2. The zero-order valence-electron chi connectivity index (χ0n) is 10.2. The predicted octanol–water partition coefficient (Wildman–Crippen LogP) is 2.64. The van der Waals surface area contributed by atoms with E-state index in [9.17, 15) is 0 Å². The maximum atomic E-state index is 4.34. The Bertz CT molecular complexity index is 468. The summed E-state index contributed by atoms with van der Waals surface area (Å²) in [7, 11) is 0. The van der Waals surface area contributed by atoms with Gasteiger partial charge in [-0.25, -0.2) is 0 Å². The predicted molar refractivity (Wildman–Crippen MR) is 68.5 cm³/mol. The van der Waals surface area contributed by atoms with E-state index in [1.807, 2.05) is 42.9 Å². The first-order chi connectivity index (χ1) is 8.27. The van der Waals surface area contributed by atoms with Crippen LogP contribution in [0.5, 0.6) is 0 Å². The standard InChI is InChI=1S/C14H17N3/c1-11-6-8-15-9-13(11)10-17-12(2)14-5-3-4-7-16-14/h3-9,12,17H,10H2,1-2H3. The van der Waals surface area contributed by atoms with E-state index in [-0.39, 0.29) is 6.04 Å². The van der Waals surface area contributed by atoms with E-state index in [1.54, 1.807) is 0 Å². The molecule has 3 heteroatoms. The van der Waals surface area contributed by atoms with Crippen molar-refractivity contribution in [2.24, 2.45) is 0 Å². The molecule has 2 rings (SSSR count). The highest BCUT2D eigenvalue weighted by atomic mass is 14.9. The Labute approximate surface area is 102 Å². The Balaban J connectivity index is 1.97. The highest BCUT2D eigenvalue weighted by molar-refractivity contribution is 5.21. The molecular weight excluding hydrogens is 210 g/mol. The molecule has 0 amide bonds. The fourth-order valence-electron chi connectivity index (χ4n) is 1.68. The molecule has 0 spiro atoms. The Morgan fingerprint density at radius 3 is 2.82 bits per heavy atom. The summed E-state index contributed by atoms with van der Waals surface area (Å²) in [6, 6.07) is 8.25. The molecule has 0 saturated heterocycles. The molecule has 0 saturated carbocycles. The van der Waals surface area contributed by atoms with Crippen LogP contribution in [0.1, 0.15) is 29.8 Å². The van der Waals surface area contributed by atoms with Crippen LogP contribution in [-0.4, -0.2) is 9.97 Å². The summed E-state index contributed by atoms with van der Waals surface area (Å²) in [5, 5.41) is 3.45. The van der Waals surface area contributed by atoms with Gasteiger partial charge in [0.1, 0.15) is 0 Å². The van der Waals surface area contributed by atoms with Gasteiger partial charge in [0, 0.05) is 31.2 Å². The van der Waals surface area contributed by atoms with Gasteiger partial charge in [-0.1, -0.05) is 6.07 Å². The SMILES string of the molecule is Cc1ccncc1CNC(C)c1ccccn1. The molecule has 2 heterocycles. The first-order valence-electron chi connectivity index (χ1n) is 5.81. The molecule has 0 fully saturated rings. The Morgan fingerprint density at radius 1 is 1.24 bits per heavy atom. The van der Waals surface area contributed by atoms with Gasteiger partial charge in [-0.3, -0.25) is 9.97 Å². The number of pyridine rings is 2. The van der Waals surface area contributed by atoms with E-state index in [1.165, 1.54) is 11.1 Å². The lowest BCUT2D eigenvalue weighted by atomic mass is 10.1. The summed E-state index contributed by atoms with van der Waals surface area (Å²) < 4.78 is 0. The highest BCUT2D eigenvalue weighted by Crippen LogP contribution is 2.10. The normalized spacial score (nSPS) is 12.4. The second kappa shape index (κ2) is 5.55. The van der Waals surface area contributed by atoms with Crippen LogP contribution in [0.4, 0.5) is 0 Å². The van der Waals surface area contributed by atoms with Crippen LogP contribution >= 0.6 is 0 Å². The zero-order chi connectivity index (χ0) is 12.1. The minimum Gasteiger partial charge on any atom is -0.305 e. The van der Waals surface area contributed by atoms with Crippen LogP contribution in [0.25, 0.3) is 0 Å². The van der Waals surface area contributed by atoms with Crippen LogP contribution in [0.3, 0.4) is 0 Å². The van der Waals surface area contributed by atoms with Crippen molar-refractivity contribution in [2.75, 3.05) is 0 Å². The van der Waals surface area contributed by atoms with Crippen molar-refractivity contribution in [3.8, 4) is 0 Å². The lowest BCUT2D eigenvalue weighted by Crippen LogP contribution is -2.19. The summed E-state index contributed by atoms with van der Waals surface area (Å²) >= 11 is 0. The fraction of sp³-hybridized carbons (Fsp3) is 0.286. The molecule has 0 bridgehead atoms. The molecule has 3 nitrogen and oxygen atoms in total. The first-order valence-corrected chi connectivity index (χ1v) is 5.81. The van der Waals surface area contributed by atoms with E-state index in [0.717, 1.165) is 12.2 Å². The highest BCUT2D eigenvalue weighted by Gasteiger charge is 2.06. The van der Waals surface area contributed by atoms with E-state index in [4.69, 9.17) is 0 Å². The second-order valence-corrected chi connectivity index (χ2v) is 4.16. The van der Waals surface area contributed by atoms with Gasteiger partial charge in [0.05, 0.1) is 5.69 Å². The van der Waals surface area contributed by atoms with Crippen molar-refractivity contribution in [1.29, 1.82) is 0 Å². The molecule has 0 aliphatic heterocycles. The molecular formula is C14H17N3. The fourth-order valence-corrected chi connectivity index (χ4v) is 1.68. The number of hydrogen-bond acceptors (Lipinski definition) is 3. The minimum atomic E-state index is 0.246. The lowest BCUT2D eigenvalue weighted by molar-refractivity contribution is 0.559. The largest absolute Gasteiger partial charge is 0.305 e. The van der Waals surface area contributed by atoms with Gasteiger partial charge in [-0.15, -0.1) is 0 Å². The number of nitrogens with one attached hydrogen (secondary N) is 1. The zero-order valence-corrected chi connectivity index (χ0v) is 10.2.